The molecule has 1 aliphatic rings. The Bertz CT molecular complexity index is 914. The highest BCUT2D eigenvalue weighted by molar-refractivity contribution is 5.94. The fourth-order valence-electron chi connectivity index (χ4n) is 2.94. The monoisotopic (exact) mass is 371 g/mol. The number of hydrogen-bond acceptors (Lipinski definition) is 4. The number of pyridine rings is 1. The second-order valence-electron chi connectivity index (χ2n) is 5.67. The summed E-state index contributed by atoms with van der Waals surface area (Å²) < 4.78 is 28.3. The van der Waals surface area contributed by atoms with Crippen LogP contribution in [0, 0.1) is 5.82 Å². The largest absolute Gasteiger partial charge is 0.477 e. The first-order valence-corrected chi connectivity index (χ1v) is 7.31. The summed E-state index contributed by atoms with van der Waals surface area (Å²) in [5, 5.41) is 8.97. The van der Waals surface area contributed by atoms with E-state index >= 15 is 0 Å². The molecule has 3 N–H and O–H groups in total. The van der Waals surface area contributed by atoms with Crippen LogP contribution in [-0.4, -0.2) is 34.8 Å². The van der Waals surface area contributed by atoms with Crippen molar-refractivity contribution < 1.29 is 18.7 Å². The maximum Gasteiger partial charge on any atom is 0.341 e. The molecule has 1 aromatic heterocycles. The lowest BCUT2D eigenvalue weighted by Crippen LogP contribution is -2.27. The smallest absolute Gasteiger partial charge is 0.341 e. The van der Waals surface area contributed by atoms with Gasteiger partial charge in [0.2, 0.25) is 5.43 Å². The number of nitrogens with two attached hydrogens (primary N) is 1. The van der Waals surface area contributed by atoms with Crippen molar-refractivity contribution in [1.29, 1.82) is 0 Å². The Morgan fingerprint density at radius 2 is 2.12 bits per heavy atom. The van der Waals surface area contributed by atoms with Crippen molar-refractivity contribution in [3.8, 4) is 0 Å². The van der Waals surface area contributed by atoms with Crippen LogP contribution in [0.25, 0.3) is 17.1 Å². The van der Waals surface area contributed by atoms with E-state index in [9.17, 15) is 18.4 Å². The molecule has 0 bridgehead atoms. The summed E-state index contributed by atoms with van der Waals surface area (Å²) in [7, 11) is 0. The van der Waals surface area contributed by atoms with E-state index in [1.807, 2.05) is 0 Å². The topological polar surface area (TPSA) is 88.6 Å². The summed E-state index contributed by atoms with van der Waals surface area (Å²) in [5.74, 6) is -2.11. The molecular weight excluding hydrogens is 356 g/mol. The van der Waals surface area contributed by atoms with Crippen molar-refractivity contribution in [2.45, 2.75) is 12.5 Å². The zero-order valence-corrected chi connectivity index (χ0v) is 13.8. The SMILES string of the molecule is Cl.NC1CCN(c2cc3c(cc2F)c(=O)c(C(=O)O)cn3/C=C/F)C1. The standard InChI is InChI=1S/C16H15F2N3O3.ClH/c17-2-4-21-8-11(16(23)24)15(22)10-5-12(18)14(6-13(10)21)20-3-1-9(19)7-20;/h2,4-6,8-9H,1,3,7,19H2,(H,23,24);1H/b4-2+;. The third-order valence-electron chi connectivity index (χ3n) is 4.11. The maximum atomic E-state index is 14.5. The molecule has 0 amide bonds. The molecule has 0 saturated carbocycles. The van der Waals surface area contributed by atoms with Crippen molar-refractivity contribution >= 4 is 41.2 Å². The fourth-order valence-corrected chi connectivity index (χ4v) is 2.94. The van der Waals surface area contributed by atoms with Crippen LogP contribution in [-0.2, 0) is 0 Å². The lowest BCUT2D eigenvalue weighted by Gasteiger charge is -2.20. The Kier molecular flexibility index (Phi) is 5.44. The highest BCUT2D eigenvalue weighted by Gasteiger charge is 2.23. The Morgan fingerprint density at radius 1 is 1.40 bits per heavy atom. The van der Waals surface area contributed by atoms with E-state index in [4.69, 9.17) is 10.8 Å². The predicted octanol–water partition coefficient (Wildman–Crippen LogP) is 2.20. The second-order valence-corrected chi connectivity index (χ2v) is 5.67. The van der Waals surface area contributed by atoms with Crippen molar-refractivity contribution in [3.63, 3.8) is 0 Å². The molecule has 1 saturated heterocycles. The summed E-state index contributed by atoms with van der Waals surface area (Å²) in [6.45, 7) is 1.04. The average Bonchev–Trinajstić information content (AvgIpc) is 2.96. The van der Waals surface area contributed by atoms with Crippen LogP contribution in [0.5, 0.6) is 0 Å². The number of carbonyl (C=O) groups is 1. The molecule has 0 aliphatic carbocycles. The van der Waals surface area contributed by atoms with Crippen molar-refractivity contribution in [2.75, 3.05) is 18.0 Å². The van der Waals surface area contributed by atoms with Crippen LogP contribution in [0.2, 0.25) is 0 Å². The number of halogens is 3. The molecule has 1 unspecified atom stereocenters. The van der Waals surface area contributed by atoms with Crippen molar-refractivity contribution in [1.82, 2.24) is 4.57 Å². The third-order valence-corrected chi connectivity index (χ3v) is 4.11. The van der Waals surface area contributed by atoms with Gasteiger partial charge >= 0.3 is 5.97 Å². The van der Waals surface area contributed by atoms with Gasteiger partial charge in [-0.3, -0.25) is 4.79 Å². The van der Waals surface area contributed by atoms with Gasteiger partial charge in [0.1, 0.15) is 17.7 Å². The number of aromatic nitrogens is 1. The van der Waals surface area contributed by atoms with Crippen LogP contribution in [0.1, 0.15) is 16.8 Å². The van der Waals surface area contributed by atoms with E-state index in [0.29, 0.717) is 19.5 Å². The number of benzene rings is 1. The zero-order chi connectivity index (χ0) is 17.4. The summed E-state index contributed by atoms with van der Waals surface area (Å²) in [6, 6.07) is 2.34. The number of hydrogen-bond donors (Lipinski definition) is 2. The van der Waals surface area contributed by atoms with Crippen molar-refractivity contribution in [2.24, 2.45) is 5.73 Å². The molecule has 1 aromatic carbocycles. The van der Waals surface area contributed by atoms with Gasteiger partial charge in [-0.05, 0) is 18.6 Å². The van der Waals surface area contributed by atoms with Gasteiger partial charge in [-0.25, -0.2) is 13.6 Å². The summed E-state index contributed by atoms with van der Waals surface area (Å²) in [6.07, 6.45) is 2.91. The van der Waals surface area contributed by atoms with E-state index < -0.39 is 22.8 Å². The number of carboxylic acids is 1. The Morgan fingerprint density at radius 3 is 2.68 bits per heavy atom. The van der Waals surface area contributed by atoms with Gasteiger partial charge in [-0.2, -0.15) is 0 Å². The second kappa shape index (κ2) is 7.20. The molecule has 1 fully saturated rings. The van der Waals surface area contributed by atoms with Crippen LogP contribution >= 0.6 is 12.4 Å². The average molecular weight is 372 g/mol. The van der Waals surface area contributed by atoms with E-state index in [-0.39, 0.29) is 41.4 Å². The molecule has 2 aromatic rings. The highest BCUT2D eigenvalue weighted by Crippen LogP contribution is 2.28. The summed E-state index contributed by atoms with van der Waals surface area (Å²) in [5.41, 5.74) is 4.93. The number of aromatic carboxylic acids is 1. The summed E-state index contributed by atoms with van der Waals surface area (Å²) in [4.78, 5) is 25.2. The Hall–Kier alpha value is -2.45. The van der Waals surface area contributed by atoms with E-state index in [0.717, 1.165) is 23.0 Å². The first kappa shape index (κ1) is 18.9. The number of fused-ring (bicyclic) bond motifs is 1. The Labute approximate surface area is 147 Å². The third kappa shape index (κ3) is 3.35. The minimum Gasteiger partial charge on any atom is -0.477 e. The molecule has 6 nitrogen and oxygen atoms in total. The molecule has 0 spiro atoms. The molecule has 25 heavy (non-hydrogen) atoms. The minimum absolute atomic E-state index is 0. The molecule has 3 rings (SSSR count). The molecule has 134 valence electrons. The Balaban J connectivity index is 0.00000225. The van der Waals surface area contributed by atoms with Gasteiger partial charge in [-0.1, -0.05) is 0 Å². The van der Waals surface area contributed by atoms with Gasteiger partial charge in [0.15, 0.2) is 0 Å². The first-order chi connectivity index (χ1) is 11.4. The number of anilines is 1. The minimum atomic E-state index is -1.46. The maximum absolute atomic E-state index is 14.5. The van der Waals surface area contributed by atoms with Crippen LogP contribution in [0.4, 0.5) is 14.5 Å². The van der Waals surface area contributed by atoms with Gasteiger partial charge in [-0.15, -0.1) is 12.4 Å². The molecule has 9 heteroatoms. The van der Waals surface area contributed by atoms with E-state index in [1.54, 1.807) is 4.90 Å². The quantitative estimate of drug-likeness (QED) is 0.863. The summed E-state index contributed by atoms with van der Waals surface area (Å²) >= 11 is 0. The molecular formula is C16H16ClF2N3O3. The fraction of sp³-hybridized carbons (Fsp3) is 0.250. The number of carboxylic acid groups (broad SMARTS) is 1. The first-order valence-electron chi connectivity index (χ1n) is 7.31. The molecule has 0 radical (unpaired) electrons. The van der Waals surface area contributed by atoms with Gasteiger partial charge < -0.3 is 20.3 Å². The van der Waals surface area contributed by atoms with E-state index in [2.05, 4.69) is 0 Å². The number of rotatable bonds is 3. The van der Waals surface area contributed by atoms with Gasteiger partial charge in [0.25, 0.3) is 0 Å². The van der Waals surface area contributed by atoms with Gasteiger partial charge in [0, 0.05) is 36.9 Å². The van der Waals surface area contributed by atoms with Crippen LogP contribution < -0.4 is 16.1 Å². The molecule has 2 heterocycles. The molecule has 1 aliphatic heterocycles. The van der Waals surface area contributed by atoms with Crippen molar-refractivity contribution in [3.05, 3.63) is 46.3 Å². The lowest BCUT2D eigenvalue weighted by atomic mass is 10.1. The zero-order valence-electron chi connectivity index (χ0n) is 13.0. The normalized spacial score (nSPS) is 17.2. The molecule has 1 atom stereocenters. The van der Waals surface area contributed by atoms with E-state index in [1.165, 1.54) is 6.07 Å². The lowest BCUT2D eigenvalue weighted by molar-refractivity contribution is 0.0695. The van der Waals surface area contributed by atoms with Crippen LogP contribution in [0.3, 0.4) is 0 Å². The van der Waals surface area contributed by atoms with Gasteiger partial charge in [0.05, 0.1) is 11.2 Å². The van der Waals surface area contributed by atoms with Crippen LogP contribution in [0.15, 0.2) is 29.5 Å². The highest BCUT2D eigenvalue weighted by atomic mass is 35.5. The number of nitrogens with zero attached hydrogens (tertiary/aromatic N) is 2. The predicted molar refractivity (Wildman–Crippen MR) is 93.6 cm³/mol.